The fourth-order valence-electron chi connectivity index (χ4n) is 8.41. The third-order valence-electron chi connectivity index (χ3n) is 11.8. The lowest BCUT2D eigenvalue weighted by molar-refractivity contribution is -0.169. The Balaban J connectivity index is 0.878. The van der Waals surface area contributed by atoms with Crippen LogP contribution in [0.25, 0.3) is 11.1 Å². The maximum Gasteiger partial charge on any atom is 0.393 e. The van der Waals surface area contributed by atoms with Gasteiger partial charge in [-0.2, -0.15) is 13.2 Å². The number of alkyl halides is 3. The zero-order valence-corrected chi connectivity index (χ0v) is 32.4. The minimum absolute atomic E-state index is 0.0501. The summed E-state index contributed by atoms with van der Waals surface area (Å²) in [6.45, 7) is 8.80. The molecule has 1 unspecified atom stereocenters. The number of ether oxygens (including phenoxy) is 2. The van der Waals surface area contributed by atoms with Gasteiger partial charge in [-0.05, 0) is 72.9 Å². The smallest absolute Gasteiger partial charge is 0.393 e. The van der Waals surface area contributed by atoms with Crippen molar-refractivity contribution >= 4 is 40.8 Å². The Bertz CT molecular complexity index is 2070. The van der Waals surface area contributed by atoms with Crippen molar-refractivity contribution in [2.24, 2.45) is 5.92 Å². The van der Waals surface area contributed by atoms with Crippen molar-refractivity contribution in [3.63, 3.8) is 0 Å². The van der Waals surface area contributed by atoms with E-state index in [4.69, 9.17) is 14.5 Å². The molecule has 0 aliphatic carbocycles. The van der Waals surface area contributed by atoms with Crippen LogP contribution in [0.2, 0.25) is 0 Å². The lowest BCUT2D eigenvalue weighted by Gasteiger charge is -2.36. The molecule has 8 rings (SSSR count). The Morgan fingerprint density at radius 1 is 0.948 bits per heavy atom. The standard InChI is InChI=1S/C41H47F3N8O6/c1-26-2-3-30(46-40(56)51-9-8-29(25-51)41(42,43)44)22-33(26)27-21-35(50-15-17-57-18-16-50)38(45-23-27)58-19-14-48-10-12-49(13-11-48)31-4-5-32-28(20-31)24-52(39(32)55)34-6-7-36(53)47-37(34)54/h2-5,20-23,29,34H,6-19,24-25H2,1H3,(H,46,56)(H,47,53,54)/t29-,34?/m1/s1. The number of hydrogen-bond acceptors (Lipinski definition) is 10. The van der Waals surface area contributed by atoms with Gasteiger partial charge in [-0.25, -0.2) is 9.78 Å². The van der Waals surface area contributed by atoms with Crippen LogP contribution in [0, 0.1) is 12.8 Å². The summed E-state index contributed by atoms with van der Waals surface area (Å²) in [5.41, 5.74) is 6.42. The molecule has 0 spiro atoms. The van der Waals surface area contributed by atoms with Crippen molar-refractivity contribution in [3.05, 3.63) is 65.4 Å². The van der Waals surface area contributed by atoms with Crippen LogP contribution in [-0.2, 0) is 20.9 Å². The first-order chi connectivity index (χ1) is 27.9. The topological polar surface area (TPSA) is 140 Å². The molecule has 5 amide bonds. The highest BCUT2D eigenvalue weighted by atomic mass is 19.4. The van der Waals surface area contributed by atoms with Gasteiger partial charge in [0.1, 0.15) is 18.3 Å². The second-order valence-corrected chi connectivity index (χ2v) is 15.5. The Hall–Kier alpha value is -5.42. The number of halogens is 3. The maximum atomic E-state index is 13.2. The normalized spacial score (nSPS) is 21.7. The molecular weight excluding hydrogens is 757 g/mol. The van der Waals surface area contributed by atoms with E-state index in [2.05, 4.69) is 25.3 Å². The highest BCUT2D eigenvalue weighted by molar-refractivity contribution is 6.05. The number of piperidine rings is 1. The molecule has 3 aromatic rings. The molecule has 17 heteroatoms. The first-order valence-electron chi connectivity index (χ1n) is 19.9. The number of urea groups is 1. The van der Waals surface area contributed by atoms with Gasteiger partial charge in [0.15, 0.2) is 0 Å². The Kier molecular flexibility index (Phi) is 11.2. The number of rotatable bonds is 9. The fraction of sp³-hybridized carbons (Fsp3) is 0.488. The molecule has 58 heavy (non-hydrogen) atoms. The summed E-state index contributed by atoms with van der Waals surface area (Å²) in [6.07, 6.45) is -2.13. The number of imide groups is 1. The minimum Gasteiger partial charge on any atom is -0.475 e. The average molecular weight is 805 g/mol. The molecule has 14 nitrogen and oxygen atoms in total. The van der Waals surface area contributed by atoms with Gasteiger partial charge in [-0.15, -0.1) is 0 Å². The number of nitrogens with zero attached hydrogens (tertiary/aromatic N) is 6. The summed E-state index contributed by atoms with van der Waals surface area (Å²) in [6, 6.07) is 12.1. The summed E-state index contributed by atoms with van der Waals surface area (Å²) < 4.78 is 51.6. The lowest BCUT2D eigenvalue weighted by atomic mass is 10.0. The number of anilines is 3. The number of carbonyl (C=O) groups is 4. The van der Waals surface area contributed by atoms with Crippen molar-refractivity contribution in [1.82, 2.24) is 25.0 Å². The number of hydrogen-bond donors (Lipinski definition) is 2. The van der Waals surface area contributed by atoms with E-state index >= 15 is 0 Å². The van der Waals surface area contributed by atoms with Gasteiger partial charge in [0, 0.05) is 101 Å². The van der Waals surface area contributed by atoms with Gasteiger partial charge in [-0.1, -0.05) is 6.07 Å². The first-order valence-corrected chi connectivity index (χ1v) is 19.9. The molecule has 0 saturated carbocycles. The quantitative estimate of drug-likeness (QED) is 0.302. The van der Waals surface area contributed by atoms with Crippen molar-refractivity contribution in [3.8, 4) is 17.0 Å². The Morgan fingerprint density at radius 3 is 2.48 bits per heavy atom. The molecule has 4 fully saturated rings. The highest BCUT2D eigenvalue weighted by Gasteiger charge is 2.45. The number of carbonyl (C=O) groups excluding carboxylic acids is 4. The van der Waals surface area contributed by atoms with Gasteiger partial charge >= 0.3 is 12.2 Å². The number of aromatic nitrogens is 1. The number of pyridine rings is 1. The van der Waals surface area contributed by atoms with Crippen LogP contribution >= 0.6 is 0 Å². The van der Waals surface area contributed by atoms with Crippen LogP contribution in [0.3, 0.4) is 0 Å². The average Bonchev–Trinajstić information content (AvgIpc) is 3.85. The van der Waals surface area contributed by atoms with E-state index < -0.39 is 30.1 Å². The van der Waals surface area contributed by atoms with Crippen LogP contribution < -0.4 is 25.2 Å². The second-order valence-electron chi connectivity index (χ2n) is 15.5. The van der Waals surface area contributed by atoms with Gasteiger partial charge in [0.25, 0.3) is 5.91 Å². The summed E-state index contributed by atoms with van der Waals surface area (Å²) >= 11 is 0. The van der Waals surface area contributed by atoms with Crippen molar-refractivity contribution < 1.29 is 41.8 Å². The van der Waals surface area contributed by atoms with Gasteiger partial charge in [0.05, 0.1) is 19.1 Å². The summed E-state index contributed by atoms with van der Waals surface area (Å²) in [5, 5.41) is 5.14. The molecule has 1 aromatic heterocycles. The van der Waals surface area contributed by atoms with Crippen molar-refractivity contribution in [2.45, 2.75) is 44.9 Å². The predicted octanol–water partition coefficient (Wildman–Crippen LogP) is 4.27. The number of morpholine rings is 1. The third-order valence-corrected chi connectivity index (χ3v) is 11.8. The minimum atomic E-state index is -4.33. The molecule has 2 atom stereocenters. The molecule has 6 heterocycles. The van der Waals surface area contributed by atoms with E-state index in [0.717, 1.165) is 59.8 Å². The Labute approximate surface area is 334 Å². The number of nitrogens with one attached hydrogen (secondary N) is 2. The molecule has 0 radical (unpaired) electrons. The van der Waals surface area contributed by atoms with Gasteiger partial charge in [-0.3, -0.25) is 24.6 Å². The molecule has 4 saturated heterocycles. The van der Waals surface area contributed by atoms with Gasteiger partial charge < -0.3 is 34.4 Å². The molecule has 5 aliphatic rings. The van der Waals surface area contributed by atoms with E-state index in [1.54, 1.807) is 17.2 Å². The first kappa shape index (κ1) is 39.4. The number of fused-ring (bicyclic) bond motifs is 1. The SMILES string of the molecule is Cc1ccc(NC(=O)N2CC[C@@H](C(F)(F)F)C2)cc1-c1cnc(OCCN2CCN(c3ccc4c(c3)CN(C3CCC(=O)NC3=O)C4=O)CC2)c(N2CCOCC2)c1. The van der Waals surface area contributed by atoms with Crippen LogP contribution in [0.1, 0.15) is 40.7 Å². The number of aryl methyl sites for hydroxylation is 1. The summed E-state index contributed by atoms with van der Waals surface area (Å²) in [7, 11) is 0. The molecule has 2 N–H and O–H groups in total. The van der Waals surface area contributed by atoms with E-state index in [1.165, 1.54) is 4.90 Å². The van der Waals surface area contributed by atoms with E-state index in [1.807, 2.05) is 43.3 Å². The number of amides is 5. The Morgan fingerprint density at radius 2 is 1.74 bits per heavy atom. The van der Waals surface area contributed by atoms with Crippen LogP contribution in [0.5, 0.6) is 5.88 Å². The fourth-order valence-corrected chi connectivity index (χ4v) is 8.41. The molecular formula is C41H47F3N8O6. The maximum absolute atomic E-state index is 13.2. The third kappa shape index (κ3) is 8.41. The number of piperazine rings is 1. The largest absolute Gasteiger partial charge is 0.475 e. The van der Waals surface area contributed by atoms with Crippen LogP contribution in [0.15, 0.2) is 48.7 Å². The van der Waals surface area contributed by atoms with Crippen LogP contribution in [0.4, 0.5) is 35.0 Å². The molecule has 2 aromatic carbocycles. The van der Waals surface area contributed by atoms with Crippen LogP contribution in [-0.4, -0.2) is 134 Å². The highest BCUT2D eigenvalue weighted by Crippen LogP contribution is 2.36. The summed E-state index contributed by atoms with van der Waals surface area (Å²) in [4.78, 5) is 64.5. The van der Waals surface area contributed by atoms with E-state index in [-0.39, 0.29) is 37.7 Å². The van der Waals surface area contributed by atoms with Gasteiger partial charge in [0.2, 0.25) is 17.7 Å². The predicted molar refractivity (Wildman–Crippen MR) is 209 cm³/mol. The number of benzene rings is 2. The lowest BCUT2D eigenvalue weighted by Crippen LogP contribution is -2.52. The molecule has 308 valence electrons. The van der Waals surface area contributed by atoms with E-state index in [9.17, 15) is 32.3 Å². The summed E-state index contributed by atoms with van der Waals surface area (Å²) in [5.74, 6) is -1.90. The zero-order valence-electron chi connectivity index (χ0n) is 32.4. The molecule has 5 aliphatic heterocycles. The van der Waals surface area contributed by atoms with E-state index in [0.29, 0.717) is 69.6 Å². The van der Waals surface area contributed by atoms with Crippen molar-refractivity contribution in [1.29, 1.82) is 0 Å². The monoisotopic (exact) mass is 804 g/mol. The molecule has 0 bridgehead atoms. The second kappa shape index (κ2) is 16.4. The zero-order chi connectivity index (χ0) is 40.6. The number of likely N-dealkylation sites (tertiary alicyclic amines) is 1. The van der Waals surface area contributed by atoms with Crippen molar-refractivity contribution in [2.75, 3.05) is 93.8 Å².